The van der Waals surface area contributed by atoms with Gasteiger partial charge in [0.1, 0.15) is 0 Å². The zero-order valence-corrected chi connectivity index (χ0v) is 13.5. The van der Waals surface area contributed by atoms with E-state index in [0.717, 1.165) is 12.5 Å². The maximum atomic E-state index is 3.74. The van der Waals surface area contributed by atoms with Gasteiger partial charge in [0.2, 0.25) is 0 Å². The van der Waals surface area contributed by atoms with E-state index in [1.165, 1.54) is 31.5 Å². The van der Waals surface area contributed by atoms with Crippen molar-refractivity contribution in [2.45, 2.75) is 46.2 Å². The zero-order chi connectivity index (χ0) is 14.6. The van der Waals surface area contributed by atoms with Gasteiger partial charge in [0.25, 0.3) is 0 Å². The molecule has 1 aromatic carbocycles. The highest BCUT2D eigenvalue weighted by Gasteiger charge is 2.28. The van der Waals surface area contributed by atoms with Crippen molar-refractivity contribution in [1.82, 2.24) is 10.2 Å². The Balaban J connectivity index is 1.85. The first-order valence-corrected chi connectivity index (χ1v) is 7.88. The van der Waals surface area contributed by atoms with Gasteiger partial charge in [-0.2, -0.15) is 0 Å². The highest BCUT2D eigenvalue weighted by Crippen LogP contribution is 2.29. The van der Waals surface area contributed by atoms with Gasteiger partial charge in [-0.1, -0.05) is 51.1 Å². The second kappa shape index (κ2) is 6.73. The summed E-state index contributed by atoms with van der Waals surface area (Å²) >= 11 is 0. The largest absolute Gasteiger partial charge is 0.309 e. The number of likely N-dealkylation sites (tertiary alicyclic amines) is 1. The number of hydrogen-bond donors (Lipinski definition) is 1. The molecule has 112 valence electrons. The van der Waals surface area contributed by atoms with Crippen LogP contribution in [0.25, 0.3) is 0 Å². The molecule has 1 aliphatic heterocycles. The number of hydrogen-bond acceptors (Lipinski definition) is 2. The molecular weight excluding hydrogens is 244 g/mol. The Kier molecular flexibility index (Phi) is 5.22. The third-order valence-corrected chi connectivity index (χ3v) is 4.06. The van der Waals surface area contributed by atoms with E-state index in [4.69, 9.17) is 0 Å². The van der Waals surface area contributed by atoms with Gasteiger partial charge in [0.15, 0.2) is 0 Å². The SMILES string of the molecule is CN1CC(CC(C)(C)C)CC(NCc2ccccc2)C1. The maximum absolute atomic E-state index is 3.74. The molecule has 1 heterocycles. The van der Waals surface area contributed by atoms with Gasteiger partial charge in [0, 0.05) is 25.7 Å². The van der Waals surface area contributed by atoms with E-state index >= 15 is 0 Å². The molecule has 2 rings (SSSR count). The van der Waals surface area contributed by atoms with E-state index < -0.39 is 0 Å². The molecule has 1 aromatic rings. The van der Waals surface area contributed by atoms with Gasteiger partial charge in [-0.05, 0) is 36.8 Å². The molecule has 0 radical (unpaired) electrons. The van der Waals surface area contributed by atoms with Crippen molar-refractivity contribution in [2.24, 2.45) is 11.3 Å². The Morgan fingerprint density at radius 2 is 1.85 bits per heavy atom. The van der Waals surface area contributed by atoms with Gasteiger partial charge in [0.05, 0.1) is 0 Å². The minimum Gasteiger partial charge on any atom is -0.309 e. The lowest BCUT2D eigenvalue weighted by molar-refractivity contribution is 0.134. The summed E-state index contributed by atoms with van der Waals surface area (Å²) < 4.78 is 0. The fourth-order valence-electron chi connectivity index (χ4n) is 3.46. The summed E-state index contributed by atoms with van der Waals surface area (Å²) in [6.07, 6.45) is 2.63. The second-order valence-corrected chi connectivity index (χ2v) is 7.65. The van der Waals surface area contributed by atoms with Crippen molar-refractivity contribution in [3.63, 3.8) is 0 Å². The maximum Gasteiger partial charge on any atom is 0.0208 e. The minimum absolute atomic E-state index is 0.437. The van der Waals surface area contributed by atoms with Crippen LogP contribution < -0.4 is 5.32 Å². The van der Waals surface area contributed by atoms with Gasteiger partial charge in [-0.25, -0.2) is 0 Å². The average Bonchev–Trinajstić information content (AvgIpc) is 2.35. The molecule has 0 saturated carbocycles. The summed E-state index contributed by atoms with van der Waals surface area (Å²) in [6.45, 7) is 10.5. The molecule has 1 aliphatic rings. The molecule has 0 aromatic heterocycles. The zero-order valence-electron chi connectivity index (χ0n) is 13.5. The highest BCUT2D eigenvalue weighted by molar-refractivity contribution is 5.14. The molecule has 1 saturated heterocycles. The first-order chi connectivity index (χ1) is 9.42. The average molecular weight is 274 g/mol. The van der Waals surface area contributed by atoms with Crippen LogP contribution >= 0.6 is 0 Å². The van der Waals surface area contributed by atoms with E-state index in [1.807, 2.05) is 0 Å². The minimum atomic E-state index is 0.437. The van der Waals surface area contributed by atoms with Gasteiger partial charge in [-0.3, -0.25) is 0 Å². The standard InChI is InChI=1S/C18H30N2/c1-18(2,3)11-16-10-17(14-20(4)13-16)19-12-15-8-6-5-7-9-15/h5-9,16-17,19H,10-14H2,1-4H3. The molecule has 2 atom stereocenters. The lowest BCUT2D eigenvalue weighted by atomic mass is 9.80. The van der Waals surface area contributed by atoms with E-state index in [1.54, 1.807) is 0 Å². The Morgan fingerprint density at radius 1 is 1.15 bits per heavy atom. The Labute approximate surface area is 124 Å². The van der Waals surface area contributed by atoms with Crippen LogP contribution in [0.5, 0.6) is 0 Å². The third-order valence-electron chi connectivity index (χ3n) is 4.06. The monoisotopic (exact) mass is 274 g/mol. The normalized spacial score (nSPS) is 24.8. The van der Waals surface area contributed by atoms with Crippen LogP contribution in [-0.2, 0) is 6.54 Å². The van der Waals surface area contributed by atoms with E-state index in [0.29, 0.717) is 11.5 Å². The lowest BCUT2D eigenvalue weighted by Gasteiger charge is -2.38. The van der Waals surface area contributed by atoms with E-state index in [9.17, 15) is 0 Å². The van der Waals surface area contributed by atoms with Crippen molar-refractivity contribution in [1.29, 1.82) is 0 Å². The van der Waals surface area contributed by atoms with Crippen molar-refractivity contribution in [2.75, 3.05) is 20.1 Å². The second-order valence-electron chi connectivity index (χ2n) is 7.65. The number of nitrogens with one attached hydrogen (secondary N) is 1. The summed E-state index contributed by atoms with van der Waals surface area (Å²) in [5, 5.41) is 3.74. The van der Waals surface area contributed by atoms with E-state index in [-0.39, 0.29) is 0 Å². The van der Waals surface area contributed by atoms with Crippen LogP contribution in [-0.4, -0.2) is 31.1 Å². The third kappa shape index (κ3) is 5.26. The summed E-state index contributed by atoms with van der Waals surface area (Å²) in [5.74, 6) is 0.821. The smallest absolute Gasteiger partial charge is 0.0208 e. The summed E-state index contributed by atoms with van der Waals surface area (Å²) in [6, 6.07) is 11.3. The molecule has 2 heteroatoms. The molecular formula is C18H30N2. The fraction of sp³-hybridized carbons (Fsp3) is 0.667. The highest BCUT2D eigenvalue weighted by atomic mass is 15.1. The summed E-state index contributed by atoms with van der Waals surface area (Å²) in [7, 11) is 2.26. The number of nitrogens with zero attached hydrogens (tertiary/aromatic N) is 1. The first kappa shape index (κ1) is 15.5. The lowest BCUT2D eigenvalue weighted by Crippen LogP contribution is -2.48. The summed E-state index contributed by atoms with van der Waals surface area (Å²) in [4.78, 5) is 2.49. The van der Waals surface area contributed by atoms with Gasteiger partial charge >= 0.3 is 0 Å². The number of likely N-dealkylation sites (N-methyl/N-ethyl adjacent to an activating group) is 1. The van der Waals surface area contributed by atoms with Crippen LogP contribution in [0.1, 0.15) is 39.2 Å². The Morgan fingerprint density at radius 3 is 2.50 bits per heavy atom. The molecule has 20 heavy (non-hydrogen) atoms. The van der Waals surface area contributed by atoms with Gasteiger partial charge in [-0.15, -0.1) is 0 Å². The molecule has 0 spiro atoms. The van der Waals surface area contributed by atoms with E-state index in [2.05, 4.69) is 68.4 Å². The molecule has 2 unspecified atom stereocenters. The number of rotatable bonds is 4. The molecule has 1 N–H and O–H groups in total. The quantitative estimate of drug-likeness (QED) is 0.903. The number of piperidine rings is 1. The fourth-order valence-corrected chi connectivity index (χ4v) is 3.46. The molecule has 0 aliphatic carbocycles. The number of benzene rings is 1. The predicted octanol–water partition coefficient (Wildman–Crippen LogP) is 3.53. The molecule has 0 amide bonds. The van der Waals surface area contributed by atoms with Crippen molar-refractivity contribution in [3.05, 3.63) is 35.9 Å². The molecule has 0 bridgehead atoms. The van der Waals surface area contributed by atoms with Crippen LogP contribution in [0.2, 0.25) is 0 Å². The van der Waals surface area contributed by atoms with Gasteiger partial charge < -0.3 is 10.2 Å². The first-order valence-electron chi connectivity index (χ1n) is 7.88. The topological polar surface area (TPSA) is 15.3 Å². The van der Waals surface area contributed by atoms with Crippen LogP contribution in [0.4, 0.5) is 0 Å². The Hall–Kier alpha value is -0.860. The molecule has 1 fully saturated rings. The molecule has 2 nitrogen and oxygen atoms in total. The van der Waals surface area contributed by atoms with Crippen LogP contribution in [0, 0.1) is 11.3 Å². The predicted molar refractivity (Wildman–Crippen MR) is 86.7 cm³/mol. The van der Waals surface area contributed by atoms with Crippen LogP contribution in [0.15, 0.2) is 30.3 Å². The van der Waals surface area contributed by atoms with Crippen molar-refractivity contribution < 1.29 is 0 Å². The summed E-state index contributed by atoms with van der Waals surface area (Å²) in [5.41, 5.74) is 1.82. The van der Waals surface area contributed by atoms with Crippen LogP contribution in [0.3, 0.4) is 0 Å². The van der Waals surface area contributed by atoms with Crippen molar-refractivity contribution in [3.8, 4) is 0 Å². The van der Waals surface area contributed by atoms with Crippen molar-refractivity contribution >= 4 is 0 Å². The Bertz CT molecular complexity index is 394.